The molecule has 4 N–H and O–H groups in total. The van der Waals surface area contributed by atoms with Gasteiger partial charge in [0.25, 0.3) is 0 Å². The number of unbranched alkanes of at least 4 members (excludes halogenated alkanes) is 1. The second kappa shape index (κ2) is 5.05. The number of aromatic nitrogens is 1. The lowest BCUT2D eigenvalue weighted by molar-refractivity contribution is 0.297. The van der Waals surface area contributed by atoms with E-state index in [2.05, 4.69) is 11.9 Å². The molecule has 0 aliphatic carbocycles. The molecule has 0 aliphatic heterocycles. The Kier molecular flexibility index (Phi) is 3.75. The SMILES string of the molecule is CCCCOc1nc(N)cc(N)c1C#N. The molecule has 0 amide bonds. The van der Waals surface area contributed by atoms with Gasteiger partial charge >= 0.3 is 0 Å². The summed E-state index contributed by atoms with van der Waals surface area (Å²) in [7, 11) is 0. The number of nitrogen functional groups attached to an aromatic ring is 2. The van der Waals surface area contributed by atoms with E-state index in [1.165, 1.54) is 6.07 Å². The molecule has 1 aromatic heterocycles. The van der Waals surface area contributed by atoms with Crippen molar-refractivity contribution in [3.05, 3.63) is 11.6 Å². The maximum atomic E-state index is 8.86. The van der Waals surface area contributed by atoms with Crippen molar-refractivity contribution in [2.45, 2.75) is 19.8 Å². The van der Waals surface area contributed by atoms with Crippen molar-refractivity contribution in [3.63, 3.8) is 0 Å². The molecule has 0 bridgehead atoms. The Labute approximate surface area is 88.7 Å². The minimum absolute atomic E-state index is 0.225. The van der Waals surface area contributed by atoms with Crippen LogP contribution < -0.4 is 16.2 Å². The first-order chi connectivity index (χ1) is 7.19. The van der Waals surface area contributed by atoms with Crippen LogP contribution in [0.25, 0.3) is 0 Å². The molecule has 0 aliphatic rings. The number of anilines is 2. The van der Waals surface area contributed by atoms with Crippen molar-refractivity contribution >= 4 is 11.5 Å². The molecule has 1 aromatic rings. The lowest BCUT2D eigenvalue weighted by atomic mass is 10.2. The number of rotatable bonds is 4. The molecule has 1 rings (SSSR count). The third-order valence-corrected chi connectivity index (χ3v) is 1.89. The topological polar surface area (TPSA) is 97.9 Å². The average molecular weight is 206 g/mol. The summed E-state index contributed by atoms with van der Waals surface area (Å²) in [6.07, 6.45) is 1.92. The largest absolute Gasteiger partial charge is 0.477 e. The zero-order valence-electron chi connectivity index (χ0n) is 8.66. The molecule has 5 nitrogen and oxygen atoms in total. The number of pyridine rings is 1. The van der Waals surface area contributed by atoms with E-state index >= 15 is 0 Å². The van der Waals surface area contributed by atoms with Gasteiger partial charge in [-0.25, -0.2) is 0 Å². The molecule has 80 valence electrons. The Bertz CT molecular complexity index is 384. The highest BCUT2D eigenvalue weighted by molar-refractivity contribution is 5.62. The summed E-state index contributed by atoms with van der Waals surface area (Å²) >= 11 is 0. The van der Waals surface area contributed by atoms with Gasteiger partial charge in [-0.3, -0.25) is 0 Å². The molecule has 0 spiro atoms. The van der Waals surface area contributed by atoms with Crippen LogP contribution in [0.4, 0.5) is 11.5 Å². The second-order valence-corrected chi connectivity index (χ2v) is 3.13. The van der Waals surface area contributed by atoms with E-state index in [0.717, 1.165) is 12.8 Å². The molecule has 0 radical (unpaired) electrons. The summed E-state index contributed by atoms with van der Waals surface area (Å²) in [6.45, 7) is 2.57. The van der Waals surface area contributed by atoms with Crippen LogP contribution in [-0.4, -0.2) is 11.6 Å². The Hall–Kier alpha value is -1.96. The van der Waals surface area contributed by atoms with Crippen molar-refractivity contribution in [1.29, 1.82) is 5.26 Å². The van der Waals surface area contributed by atoms with Crippen molar-refractivity contribution < 1.29 is 4.74 Å². The van der Waals surface area contributed by atoms with E-state index in [1.807, 2.05) is 6.07 Å². The van der Waals surface area contributed by atoms with E-state index in [1.54, 1.807) is 0 Å². The van der Waals surface area contributed by atoms with E-state index in [4.69, 9.17) is 21.5 Å². The van der Waals surface area contributed by atoms with Crippen molar-refractivity contribution in [2.24, 2.45) is 0 Å². The number of nitriles is 1. The Morgan fingerprint density at radius 3 is 2.87 bits per heavy atom. The molecule has 0 atom stereocenters. The van der Waals surface area contributed by atoms with Crippen molar-refractivity contribution in [1.82, 2.24) is 4.98 Å². The van der Waals surface area contributed by atoms with Crippen molar-refractivity contribution in [3.8, 4) is 11.9 Å². The highest BCUT2D eigenvalue weighted by Crippen LogP contribution is 2.23. The molecule has 5 heteroatoms. The normalized spacial score (nSPS) is 9.60. The highest BCUT2D eigenvalue weighted by atomic mass is 16.5. The standard InChI is InChI=1S/C10H14N4O/c1-2-3-4-15-10-7(6-11)8(12)5-9(13)14-10/h5H,2-4H2,1H3,(H4,12,13,14). The molecular weight excluding hydrogens is 192 g/mol. The Morgan fingerprint density at radius 2 is 2.27 bits per heavy atom. The fourth-order valence-electron chi connectivity index (χ4n) is 1.09. The Morgan fingerprint density at radius 1 is 1.53 bits per heavy atom. The number of hydrogen-bond donors (Lipinski definition) is 2. The van der Waals surface area contributed by atoms with Gasteiger partial charge in [-0.2, -0.15) is 10.2 Å². The van der Waals surface area contributed by atoms with Crippen LogP contribution in [0.5, 0.6) is 5.88 Å². The van der Waals surface area contributed by atoms with Gasteiger partial charge < -0.3 is 16.2 Å². The van der Waals surface area contributed by atoms with Crippen LogP contribution in [0.1, 0.15) is 25.3 Å². The maximum absolute atomic E-state index is 8.86. The molecule has 0 saturated heterocycles. The first-order valence-corrected chi connectivity index (χ1v) is 4.78. The first kappa shape index (κ1) is 11.1. The lowest BCUT2D eigenvalue weighted by Crippen LogP contribution is -2.05. The molecule has 0 aromatic carbocycles. The summed E-state index contributed by atoms with van der Waals surface area (Å²) in [5.74, 6) is 0.487. The van der Waals surface area contributed by atoms with Crippen LogP contribution in [0.2, 0.25) is 0 Å². The van der Waals surface area contributed by atoms with Gasteiger partial charge in [0.1, 0.15) is 17.5 Å². The fourth-order valence-corrected chi connectivity index (χ4v) is 1.09. The fraction of sp³-hybridized carbons (Fsp3) is 0.400. The minimum Gasteiger partial charge on any atom is -0.477 e. The first-order valence-electron chi connectivity index (χ1n) is 4.78. The van der Waals surface area contributed by atoms with Gasteiger partial charge in [0.05, 0.1) is 12.3 Å². The van der Waals surface area contributed by atoms with Gasteiger partial charge in [-0.1, -0.05) is 13.3 Å². The van der Waals surface area contributed by atoms with Crippen LogP contribution in [-0.2, 0) is 0 Å². The Balaban J connectivity index is 2.90. The lowest BCUT2D eigenvalue weighted by Gasteiger charge is -2.08. The third kappa shape index (κ3) is 2.74. The average Bonchev–Trinajstić information content (AvgIpc) is 2.17. The molecule has 1 heterocycles. The number of hydrogen-bond acceptors (Lipinski definition) is 5. The molecule has 0 fully saturated rings. The zero-order valence-corrected chi connectivity index (χ0v) is 8.66. The monoisotopic (exact) mass is 206 g/mol. The van der Waals surface area contributed by atoms with Crippen LogP contribution in [0, 0.1) is 11.3 Å². The van der Waals surface area contributed by atoms with Crippen LogP contribution >= 0.6 is 0 Å². The van der Waals surface area contributed by atoms with E-state index in [9.17, 15) is 0 Å². The number of ether oxygens (including phenoxy) is 1. The second-order valence-electron chi connectivity index (χ2n) is 3.13. The number of nitrogens with zero attached hydrogens (tertiary/aromatic N) is 2. The maximum Gasteiger partial charge on any atom is 0.235 e. The van der Waals surface area contributed by atoms with E-state index in [0.29, 0.717) is 12.3 Å². The van der Waals surface area contributed by atoms with Gasteiger partial charge in [0.2, 0.25) is 5.88 Å². The quantitative estimate of drug-likeness (QED) is 0.723. The number of nitrogens with two attached hydrogens (primary N) is 2. The van der Waals surface area contributed by atoms with Crippen LogP contribution in [0.15, 0.2) is 6.07 Å². The van der Waals surface area contributed by atoms with Gasteiger partial charge in [0.15, 0.2) is 0 Å². The summed E-state index contributed by atoms with van der Waals surface area (Å²) in [6, 6.07) is 3.40. The van der Waals surface area contributed by atoms with E-state index < -0.39 is 0 Å². The van der Waals surface area contributed by atoms with Gasteiger partial charge in [-0.05, 0) is 6.42 Å². The smallest absolute Gasteiger partial charge is 0.235 e. The molecule has 15 heavy (non-hydrogen) atoms. The molecular formula is C10H14N4O. The predicted molar refractivity (Wildman–Crippen MR) is 58.2 cm³/mol. The van der Waals surface area contributed by atoms with Gasteiger partial charge in [-0.15, -0.1) is 0 Å². The zero-order chi connectivity index (χ0) is 11.3. The van der Waals surface area contributed by atoms with Crippen LogP contribution in [0.3, 0.4) is 0 Å². The molecule has 0 unspecified atom stereocenters. The van der Waals surface area contributed by atoms with Gasteiger partial charge in [0, 0.05) is 6.07 Å². The summed E-state index contributed by atoms with van der Waals surface area (Å²) in [5, 5.41) is 8.86. The molecule has 0 saturated carbocycles. The summed E-state index contributed by atoms with van der Waals surface area (Å²) < 4.78 is 5.34. The predicted octanol–water partition coefficient (Wildman–Crippen LogP) is 1.30. The summed E-state index contributed by atoms with van der Waals surface area (Å²) in [5.41, 5.74) is 11.7. The third-order valence-electron chi connectivity index (χ3n) is 1.89. The van der Waals surface area contributed by atoms with Crippen molar-refractivity contribution in [2.75, 3.05) is 18.1 Å². The summed E-state index contributed by atoms with van der Waals surface area (Å²) in [4.78, 5) is 3.93. The highest BCUT2D eigenvalue weighted by Gasteiger charge is 2.10. The minimum atomic E-state index is 0.225. The van der Waals surface area contributed by atoms with E-state index in [-0.39, 0.29) is 17.3 Å².